The Kier molecular flexibility index (Phi) is 3.47. The van der Waals surface area contributed by atoms with Crippen LogP contribution >= 0.6 is 0 Å². The zero-order chi connectivity index (χ0) is 11.3. The van der Waals surface area contributed by atoms with Gasteiger partial charge in [0.1, 0.15) is 11.6 Å². The summed E-state index contributed by atoms with van der Waals surface area (Å²) < 4.78 is 4.44. The number of benzene rings is 1. The molecule has 0 amide bonds. The lowest BCUT2D eigenvalue weighted by Gasteiger charge is -1.97. The molecule has 0 bridgehead atoms. The molecule has 76 valence electrons. The fourth-order valence-corrected chi connectivity index (χ4v) is 1.01. The van der Waals surface area contributed by atoms with Crippen LogP contribution in [0.1, 0.15) is 5.56 Å². The summed E-state index contributed by atoms with van der Waals surface area (Å²) >= 11 is 0. The Bertz CT molecular complexity index is 427. The van der Waals surface area contributed by atoms with Crippen molar-refractivity contribution in [3.8, 4) is 6.07 Å². The molecule has 0 saturated carbocycles. The minimum absolute atomic E-state index is 0.0396. The lowest BCUT2D eigenvalue weighted by atomic mass is 10.1. The summed E-state index contributed by atoms with van der Waals surface area (Å²) in [6.45, 7) is 0. The molecule has 0 aliphatic heterocycles. The van der Waals surface area contributed by atoms with Gasteiger partial charge in [0.25, 0.3) is 0 Å². The third-order valence-corrected chi connectivity index (χ3v) is 1.77. The maximum absolute atomic E-state index is 11.1. The van der Waals surface area contributed by atoms with Crippen LogP contribution in [0.3, 0.4) is 0 Å². The molecule has 1 aromatic rings. The SMILES string of the molecule is COC(=O)C(C#N)=Cc1ccc(N)cc1. The number of methoxy groups -OCH3 is 1. The largest absolute Gasteiger partial charge is 0.465 e. The second-order valence-corrected chi connectivity index (χ2v) is 2.83. The highest BCUT2D eigenvalue weighted by atomic mass is 16.5. The molecule has 0 aliphatic rings. The summed E-state index contributed by atoms with van der Waals surface area (Å²) in [5.74, 6) is -0.644. The van der Waals surface area contributed by atoms with Crippen molar-refractivity contribution in [2.45, 2.75) is 0 Å². The molecular formula is C11H10N2O2. The first-order valence-electron chi connectivity index (χ1n) is 4.23. The lowest BCUT2D eigenvalue weighted by Crippen LogP contribution is -2.02. The average Bonchev–Trinajstić information content (AvgIpc) is 2.27. The van der Waals surface area contributed by atoms with Gasteiger partial charge < -0.3 is 10.5 Å². The van der Waals surface area contributed by atoms with Crippen molar-refractivity contribution in [1.29, 1.82) is 5.26 Å². The number of hydrogen-bond donors (Lipinski definition) is 1. The van der Waals surface area contributed by atoms with E-state index in [1.165, 1.54) is 13.2 Å². The number of rotatable bonds is 2. The molecule has 2 N–H and O–H groups in total. The molecule has 0 saturated heterocycles. The molecule has 0 fully saturated rings. The fraction of sp³-hybridized carbons (Fsp3) is 0.0909. The van der Waals surface area contributed by atoms with E-state index in [0.29, 0.717) is 5.69 Å². The van der Waals surface area contributed by atoms with E-state index in [0.717, 1.165) is 5.56 Å². The Morgan fingerprint density at radius 1 is 1.47 bits per heavy atom. The molecule has 0 aliphatic carbocycles. The van der Waals surface area contributed by atoms with Gasteiger partial charge in [-0.25, -0.2) is 4.79 Å². The van der Waals surface area contributed by atoms with Crippen molar-refractivity contribution in [2.24, 2.45) is 0 Å². The van der Waals surface area contributed by atoms with E-state index < -0.39 is 5.97 Å². The summed E-state index contributed by atoms with van der Waals surface area (Å²) in [4.78, 5) is 11.1. The van der Waals surface area contributed by atoms with E-state index in [1.54, 1.807) is 30.3 Å². The Balaban J connectivity index is 3.00. The number of hydrogen-bond acceptors (Lipinski definition) is 4. The highest BCUT2D eigenvalue weighted by molar-refractivity contribution is 5.97. The van der Waals surface area contributed by atoms with Crippen LogP contribution in [0, 0.1) is 11.3 Å². The van der Waals surface area contributed by atoms with Crippen LogP contribution < -0.4 is 5.73 Å². The maximum Gasteiger partial charge on any atom is 0.348 e. The van der Waals surface area contributed by atoms with E-state index >= 15 is 0 Å². The molecule has 0 heterocycles. The van der Waals surface area contributed by atoms with Crippen LogP contribution in [0.25, 0.3) is 6.08 Å². The van der Waals surface area contributed by atoms with Crippen molar-refractivity contribution in [1.82, 2.24) is 0 Å². The molecule has 4 heteroatoms. The van der Waals surface area contributed by atoms with Crippen LogP contribution in [0.15, 0.2) is 29.8 Å². The molecule has 0 unspecified atom stereocenters. The third kappa shape index (κ3) is 2.85. The zero-order valence-electron chi connectivity index (χ0n) is 8.23. The summed E-state index contributed by atoms with van der Waals surface area (Å²) in [5, 5.41) is 8.70. The number of esters is 1. The quantitative estimate of drug-likeness (QED) is 0.340. The number of nitriles is 1. The number of carbonyl (C=O) groups is 1. The Hall–Kier alpha value is -2.28. The first-order valence-corrected chi connectivity index (χ1v) is 4.23. The topological polar surface area (TPSA) is 76.1 Å². The number of carbonyl (C=O) groups excluding carboxylic acids is 1. The van der Waals surface area contributed by atoms with Gasteiger partial charge in [0.2, 0.25) is 0 Å². The molecule has 0 atom stereocenters. The van der Waals surface area contributed by atoms with Crippen molar-refractivity contribution in [3.63, 3.8) is 0 Å². The normalized spacial score (nSPS) is 10.5. The predicted octanol–water partition coefficient (Wildman–Crippen LogP) is 1.35. The number of nitrogens with zero attached hydrogens (tertiary/aromatic N) is 1. The molecule has 4 nitrogen and oxygen atoms in total. The van der Waals surface area contributed by atoms with E-state index in [2.05, 4.69) is 4.74 Å². The number of anilines is 1. The lowest BCUT2D eigenvalue weighted by molar-refractivity contribution is -0.135. The molecule has 1 aromatic carbocycles. The molecule has 1 rings (SSSR count). The van der Waals surface area contributed by atoms with Gasteiger partial charge in [-0.1, -0.05) is 12.1 Å². The Labute approximate surface area is 87.6 Å². The fourth-order valence-electron chi connectivity index (χ4n) is 1.01. The number of nitrogen functional groups attached to an aromatic ring is 1. The first kappa shape index (κ1) is 10.8. The monoisotopic (exact) mass is 202 g/mol. The van der Waals surface area contributed by atoms with Gasteiger partial charge in [-0.3, -0.25) is 0 Å². The molecular weight excluding hydrogens is 192 g/mol. The van der Waals surface area contributed by atoms with Crippen molar-refractivity contribution >= 4 is 17.7 Å². The molecule has 15 heavy (non-hydrogen) atoms. The first-order chi connectivity index (χ1) is 7.17. The van der Waals surface area contributed by atoms with Crippen LogP contribution in [0.2, 0.25) is 0 Å². The van der Waals surface area contributed by atoms with Gasteiger partial charge in [-0.2, -0.15) is 5.26 Å². The van der Waals surface area contributed by atoms with Gasteiger partial charge >= 0.3 is 5.97 Å². The number of ether oxygens (including phenoxy) is 1. The number of nitrogens with two attached hydrogens (primary N) is 1. The van der Waals surface area contributed by atoms with E-state index in [4.69, 9.17) is 11.0 Å². The average molecular weight is 202 g/mol. The van der Waals surface area contributed by atoms with Crippen molar-refractivity contribution < 1.29 is 9.53 Å². The molecule has 0 radical (unpaired) electrons. The van der Waals surface area contributed by atoms with Crippen LogP contribution in [0.4, 0.5) is 5.69 Å². The van der Waals surface area contributed by atoms with Crippen LogP contribution in [-0.2, 0) is 9.53 Å². The Morgan fingerprint density at radius 3 is 2.53 bits per heavy atom. The van der Waals surface area contributed by atoms with Gasteiger partial charge in [0, 0.05) is 5.69 Å². The van der Waals surface area contributed by atoms with Gasteiger partial charge in [0.15, 0.2) is 0 Å². The highest BCUT2D eigenvalue weighted by Gasteiger charge is 2.07. The standard InChI is InChI=1S/C11H10N2O2/c1-15-11(14)9(7-12)6-8-2-4-10(13)5-3-8/h2-6H,13H2,1H3. The van der Waals surface area contributed by atoms with Crippen LogP contribution in [0.5, 0.6) is 0 Å². The summed E-state index contributed by atoms with van der Waals surface area (Å²) in [7, 11) is 1.23. The summed E-state index contributed by atoms with van der Waals surface area (Å²) in [6.07, 6.45) is 1.45. The second-order valence-electron chi connectivity index (χ2n) is 2.83. The second kappa shape index (κ2) is 4.82. The Morgan fingerprint density at radius 2 is 2.07 bits per heavy atom. The molecule has 0 aromatic heterocycles. The highest BCUT2D eigenvalue weighted by Crippen LogP contribution is 2.10. The van der Waals surface area contributed by atoms with Gasteiger partial charge in [-0.05, 0) is 23.8 Å². The van der Waals surface area contributed by atoms with Gasteiger partial charge in [-0.15, -0.1) is 0 Å². The maximum atomic E-state index is 11.1. The van der Waals surface area contributed by atoms with Gasteiger partial charge in [0.05, 0.1) is 7.11 Å². The van der Waals surface area contributed by atoms with Crippen LogP contribution in [-0.4, -0.2) is 13.1 Å². The van der Waals surface area contributed by atoms with E-state index in [-0.39, 0.29) is 5.57 Å². The van der Waals surface area contributed by atoms with Crippen molar-refractivity contribution in [2.75, 3.05) is 12.8 Å². The molecule has 0 spiro atoms. The van der Waals surface area contributed by atoms with Crippen molar-refractivity contribution in [3.05, 3.63) is 35.4 Å². The smallest absolute Gasteiger partial charge is 0.348 e. The minimum Gasteiger partial charge on any atom is -0.465 e. The van der Waals surface area contributed by atoms with E-state index in [9.17, 15) is 4.79 Å². The predicted molar refractivity (Wildman–Crippen MR) is 56.5 cm³/mol. The zero-order valence-corrected chi connectivity index (χ0v) is 8.23. The summed E-state index contributed by atoms with van der Waals surface area (Å²) in [6, 6.07) is 8.59. The third-order valence-electron chi connectivity index (χ3n) is 1.77. The van der Waals surface area contributed by atoms with E-state index in [1.807, 2.05) is 0 Å². The summed E-state index contributed by atoms with van der Waals surface area (Å²) in [5.41, 5.74) is 6.82. The minimum atomic E-state index is -0.644.